The quantitative estimate of drug-likeness (QED) is 0.313. The molecule has 0 saturated carbocycles. The SMILES string of the molecule is C=C/C1=C(\C=C/CP=O)SCC/C=C\C(P(=O)(C2=CCCCC=C2)C2C=CC=CCN2C)=C/C1=C. The summed E-state index contributed by atoms with van der Waals surface area (Å²) in [6.45, 7) is 9.16. The molecule has 0 fully saturated rings. The number of nitrogens with zero attached hydrogens (tertiary/aromatic N) is 1. The van der Waals surface area contributed by atoms with Gasteiger partial charge in [-0.1, -0.05) is 86.1 Å². The molecule has 0 aromatic heterocycles. The van der Waals surface area contributed by atoms with Crippen LogP contribution in [-0.2, 0) is 9.13 Å². The van der Waals surface area contributed by atoms with E-state index in [9.17, 15) is 4.57 Å². The summed E-state index contributed by atoms with van der Waals surface area (Å²) in [6.07, 6.45) is 30.9. The van der Waals surface area contributed by atoms with Gasteiger partial charge < -0.3 is 4.57 Å². The van der Waals surface area contributed by atoms with Crippen LogP contribution in [0.25, 0.3) is 0 Å². The van der Waals surface area contributed by atoms with E-state index in [0.717, 1.165) is 64.7 Å². The van der Waals surface area contributed by atoms with Gasteiger partial charge in [0.1, 0.15) is 0 Å². The zero-order valence-electron chi connectivity index (χ0n) is 20.5. The molecular weight excluding hydrogens is 488 g/mol. The molecule has 0 aromatic rings. The Morgan fingerprint density at radius 3 is 2.77 bits per heavy atom. The van der Waals surface area contributed by atoms with Gasteiger partial charge in [0, 0.05) is 34.0 Å². The zero-order valence-corrected chi connectivity index (χ0v) is 23.1. The smallest absolute Gasteiger partial charge is 0.162 e. The highest BCUT2D eigenvalue weighted by atomic mass is 32.2. The third-order valence-corrected chi connectivity index (χ3v) is 11.1. The van der Waals surface area contributed by atoms with Crippen LogP contribution in [0.2, 0.25) is 0 Å². The van der Waals surface area contributed by atoms with E-state index >= 15 is 4.57 Å². The lowest BCUT2D eigenvalue weighted by atomic mass is 10.1. The van der Waals surface area contributed by atoms with E-state index in [4.69, 9.17) is 0 Å². The number of thioether (sulfide) groups is 1. The van der Waals surface area contributed by atoms with Gasteiger partial charge in [0.25, 0.3) is 0 Å². The lowest BCUT2D eigenvalue weighted by Crippen LogP contribution is -2.30. The first-order valence-electron chi connectivity index (χ1n) is 12.1. The van der Waals surface area contributed by atoms with Gasteiger partial charge in [0.05, 0.1) is 5.78 Å². The van der Waals surface area contributed by atoms with Crippen molar-refractivity contribution in [3.05, 3.63) is 119 Å². The number of hydrogen-bond acceptors (Lipinski definition) is 4. The molecule has 2 unspecified atom stereocenters. The molecule has 3 rings (SSSR count). The van der Waals surface area contributed by atoms with Crippen LogP contribution in [0.3, 0.4) is 0 Å². The lowest BCUT2D eigenvalue weighted by Gasteiger charge is -2.34. The van der Waals surface area contributed by atoms with Gasteiger partial charge in [-0.05, 0) is 50.0 Å². The summed E-state index contributed by atoms with van der Waals surface area (Å²) in [6, 6.07) is 0. The number of rotatable bonds is 7. The van der Waals surface area contributed by atoms with E-state index < -0.39 is 7.14 Å². The van der Waals surface area contributed by atoms with E-state index in [0.29, 0.717) is 6.16 Å². The van der Waals surface area contributed by atoms with Crippen LogP contribution < -0.4 is 0 Å². The van der Waals surface area contributed by atoms with E-state index in [-0.39, 0.29) is 14.2 Å². The highest BCUT2D eigenvalue weighted by molar-refractivity contribution is 8.03. The summed E-state index contributed by atoms with van der Waals surface area (Å²) in [4.78, 5) is 3.21. The van der Waals surface area contributed by atoms with Gasteiger partial charge in [-0.15, -0.1) is 11.8 Å². The molecule has 0 amide bonds. The minimum absolute atomic E-state index is 0.0964. The summed E-state index contributed by atoms with van der Waals surface area (Å²) in [5, 5.41) is 1.74. The van der Waals surface area contributed by atoms with Crippen molar-refractivity contribution in [2.24, 2.45) is 0 Å². The van der Waals surface area contributed by atoms with Crippen LogP contribution >= 0.6 is 27.4 Å². The van der Waals surface area contributed by atoms with Gasteiger partial charge in [-0.3, -0.25) is 9.46 Å². The number of allylic oxidation sites excluding steroid dienone is 15. The Balaban J connectivity index is 2.20. The maximum absolute atomic E-state index is 15.4. The Hall–Kier alpha value is -1.96. The maximum atomic E-state index is 15.4. The summed E-state index contributed by atoms with van der Waals surface area (Å²) >= 11 is 1.73. The molecule has 0 bridgehead atoms. The van der Waals surface area contributed by atoms with Crippen molar-refractivity contribution in [1.82, 2.24) is 4.90 Å². The second-order valence-electron chi connectivity index (χ2n) is 8.62. The van der Waals surface area contributed by atoms with Crippen molar-refractivity contribution in [2.75, 3.05) is 25.5 Å². The Bertz CT molecular complexity index is 1120. The fourth-order valence-corrected chi connectivity index (χ4v) is 8.87. The molecule has 2 aliphatic heterocycles. The maximum Gasteiger partial charge on any atom is 0.162 e. The van der Waals surface area contributed by atoms with Crippen LogP contribution in [0, 0.1) is 0 Å². The van der Waals surface area contributed by atoms with Crippen LogP contribution in [0.15, 0.2) is 119 Å². The van der Waals surface area contributed by atoms with E-state index in [1.807, 2.05) is 43.5 Å². The first kappa shape index (κ1) is 27.6. The van der Waals surface area contributed by atoms with Crippen molar-refractivity contribution in [2.45, 2.75) is 31.5 Å². The highest BCUT2D eigenvalue weighted by Gasteiger charge is 2.39. The first-order chi connectivity index (χ1) is 17.0. The molecule has 6 heteroatoms. The van der Waals surface area contributed by atoms with Crippen molar-refractivity contribution >= 4 is 27.4 Å². The molecule has 0 radical (unpaired) electrons. The summed E-state index contributed by atoms with van der Waals surface area (Å²) in [7, 11) is -0.956. The van der Waals surface area contributed by atoms with Gasteiger partial charge in [-0.2, -0.15) is 0 Å². The molecular formula is C29H35NO2P2S. The molecule has 1 aliphatic carbocycles. The normalized spacial score (nSPS) is 28.6. The molecule has 0 spiro atoms. The molecule has 0 saturated heterocycles. The van der Waals surface area contributed by atoms with Crippen LogP contribution in [0.1, 0.15) is 25.7 Å². The van der Waals surface area contributed by atoms with Crippen LogP contribution in [0.5, 0.6) is 0 Å². The third kappa shape index (κ3) is 7.05. The molecule has 2 atom stereocenters. The number of hydrogen-bond donors (Lipinski definition) is 0. The predicted octanol–water partition coefficient (Wildman–Crippen LogP) is 8.78. The monoisotopic (exact) mass is 523 g/mol. The highest BCUT2D eigenvalue weighted by Crippen LogP contribution is 2.67. The fourth-order valence-electron chi connectivity index (χ4n) is 4.34. The molecule has 184 valence electrons. The largest absolute Gasteiger partial charge is 0.312 e. The van der Waals surface area contributed by atoms with Crippen molar-refractivity contribution in [3.8, 4) is 0 Å². The average Bonchev–Trinajstić information content (AvgIpc) is 3.26. The second kappa shape index (κ2) is 14.0. The molecule has 0 N–H and O–H groups in total. The average molecular weight is 524 g/mol. The van der Waals surface area contributed by atoms with Gasteiger partial charge >= 0.3 is 0 Å². The van der Waals surface area contributed by atoms with Gasteiger partial charge in [-0.25, -0.2) is 0 Å². The van der Waals surface area contributed by atoms with E-state index in [1.165, 1.54) is 0 Å². The Labute approximate surface area is 216 Å². The number of likely N-dealkylation sites (N-methyl/N-ethyl adjacent to an activating group) is 1. The second-order valence-corrected chi connectivity index (χ2v) is 13.3. The summed E-state index contributed by atoms with van der Waals surface area (Å²) < 4.78 is 26.3. The van der Waals surface area contributed by atoms with E-state index in [2.05, 4.69) is 60.6 Å². The third-order valence-electron chi connectivity index (χ3n) is 6.15. The van der Waals surface area contributed by atoms with Crippen molar-refractivity contribution in [1.29, 1.82) is 0 Å². The Morgan fingerprint density at radius 2 is 1.97 bits per heavy atom. The Morgan fingerprint density at radius 1 is 1.17 bits per heavy atom. The standard InChI is InChI=1S/C29H35NO2P2S/c1-4-27-24(2)23-26(17-11-13-22-35-28(27)18-14-21-33-31)34(32,25-15-8-5-6-9-16-25)29-19-10-7-12-20-30(29)3/h4,7-8,10-12,14-19,23,29H,1-2,5-6,9,13,20-22H2,3H3/b17-11-,18-14-,26-23+,28-27-. The molecule has 0 aromatic carbocycles. The molecule has 3 nitrogen and oxygen atoms in total. The lowest BCUT2D eigenvalue weighted by molar-refractivity contribution is 0.373. The fraction of sp³-hybridized carbons (Fsp3) is 0.310. The summed E-state index contributed by atoms with van der Waals surface area (Å²) in [5.41, 5.74) is 1.70. The van der Waals surface area contributed by atoms with Gasteiger partial charge in [0.15, 0.2) is 15.6 Å². The molecule has 35 heavy (non-hydrogen) atoms. The minimum Gasteiger partial charge on any atom is -0.312 e. The van der Waals surface area contributed by atoms with Crippen molar-refractivity contribution in [3.63, 3.8) is 0 Å². The van der Waals surface area contributed by atoms with Crippen LogP contribution in [0.4, 0.5) is 0 Å². The van der Waals surface area contributed by atoms with Gasteiger partial charge in [0.2, 0.25) is 0 Å². The summed E-state index contributed by atoms with van der Waals surface area (Å²) in [5.74, 6) is 0.627. The minimum atomic E-state index is -3.10. The van der Waals surface area contributed by atoms with Crippen LogP contribution in [-0.4, -0.2) is 36.2 Å². The van der Waals surface area contributed by atoms with E-state index in [1.54, 1.807) is 11.8 Å². The first-order valence-corrected chi connectivity index (χ1v) is 15.8. The zero-order chi connectivity index (χ0) is 25.1. The molecule has 2 heterocycles. The molecule has 3 aliphatic rings. The predicted molar refractivity (Wildman–Crippen MR) is 156 cm³/mol. The topological polar surface area (TPSA) is 37.4 Å². The Kier molecular flexibility index (Phi) is 11.0. The van der Waals surface area contributed by atoms with Crippen molar-refractivity contribution < 1.29 is 9.13 Å².